The van der Waals surface area contributed by atoms with E-state index in [1.165, 1.54) is 0 Å². The lowest BCUT2D eigenvalue weighted by Crippen LogP contribution is -2.40. The van der Waals surface area contributed by atoms with Crippen molar-refractivity contribution in [2.45, 2.75) is 32.2 Å². The van der Waals surface area contributed by atoms with Gasteiger partial charge in [-0.05, 0) is 54.0 Å². The fourth-order valence-electron chi connectivity index (χ4n) is 2.50. The van der Waals surface area contributed by atoms with Crippen LogP contribution >= 0.6 is 22.6 Å². The molecule has 0 saturated heterocycles. The Balaban J connectivity index is 2.13. The number of benzene rings is 1. The second-order valence-electron chi connectivity index (χ2n) is 4.89. The molecule has 1 aliphatic carbocycles. The van der Waals surface area contributed by atoms with Gasteiger partial charge in [0.1, 0.15) is 0 Å². The number of aryl methyl sites for hydroxylation is 1. The van der Waals surface area contributed by atoms with Gasteiger partial charge >= 0.3 is 5.97 Å². The number of carboxylic acid groups (broad SMARTS) is 1. The van der Waals surface area contributed by atoms with Crippen LogP contribution in [0, 0.1) is 16.4 Å². The van der Waals surface area contributed by atoms with Crippen LogP contribution in [0.5, 0.6) is 0 Å². The normalized spacial score (nSPS) is 22.2. The molecule has 1 fully saturated rings. The lowest BCUT2D eigenvalue weighted by Gasteiger charge is -2.18. The van der Waals surface area contributed by atoms with Gasteiger partial charge in [-0.2, -0.15) is 0 Å². The predicted octanol–water partition coefficient (Wildman–Crippen LogP) is 2.58. The van der Waals surface area contributed by atoms with Crippen LogP contribution < -0.4 is 5.32 Å². The Kier molecular flexibility index (Phi) is 4.44. The maximum absolute atomic E-state index is 12.2. The van der Waals surface area contributed by atoms with Crippen molar-refractivity contribution in [3.63, 3.8) is 0 Å². The number of aliphatic carboxylic acids is 1. The largest absolute Gasteiger partial charge is 0.481 e. The summed E-state index contributed by atoms with van der Waals surface area (Å²) in [5.41, 5.74) is 1.67. The molecule has 1 saturated carbocycles. The zero-order valence-corrected chi connectivity index (χ0v) is 12.8. The molecule has 0 aromatic heterocycles. The monoisotopic (exact) mass is 373 g/mol. The molecule has 4 nitrogen and oxygen atoms in total. The van der Waals surface area contributed by atoms with E-state index in [4.69, 9.17) is 5.11 Å². The number of hydrogen-bond acceptors (Lipinski definition) is 2. The molecule has 2 N–H and O–H groups in total. The van der Waals surface area contributed by atoms with Crippen LogP contribution in [-0.2, 0) is 4.79 Å². The van der Waals surface area contributed by atoms with Crippen molar-refractivity contribution in [2.24, 2.45) is 5.92 Å². The zero-order valence-electron chi connectivity index (χ0n) is 10.6. The standard InChI is InChI=1S/C14H16INO3/c1-8-4-2-6-10(12(8)15)13(17)16-11-7-3-5-9(11)14(18)19/h2,4,6,9,11H,3,5,7H2,1H3,(H,16,17)(H,18,19). The third-order valence-corrected chi connectivity index (χ3v) is 5.02. The lowest BCUT2D eigenvalue weighted by molar-refractivity contribution is -0.142. The summed E-state index contributed by atoms with van der Waals surface area (Å²) in [4.78, 5) is 23.3. The minimum atomic E-state index is -0.818. The van der Waals surface area contributed by atoms with Gasteiger partial charge in [-0.25, -0.2) is 0 Å². The molecule has 0 spiro atoms. The van der Waals surface area contributed by atoms with Gasteiger partial charge in [-0.15, -0.1) is 0 Å². The van der Waals surface area contributed by atoms with Crippen LogP contribution in [0.25, 0.3) is 0 Å². The first kappa shape index (κ1) is 14.3. The van der Waals surface area contributed by atoms with Crippen molar-refractivity contribution >= 4 is 34.5 Å². The predicted molar refractivity (Wildman–Crippen MR) is 80.1 cm³/mol. The molecule has 0 aliphatic heterocycles. The highest BCUT2D eigenvalue weighted by Gasteiger charge is 2.34. The maximum atomic E-state index is 12.2. The van der Waals surface area contributed by atoms with E-state index in [0.29, 0.717) is 12.0 Å². The SMILES string of the molecule is Cc1cccc(C(=O)NC2CCCC2C(=O)O)c1I. The Hall–Kier alpha value is -1.11. The average molecular weight is 373 g/mol. The minimum absolute atomic E-state index is 0.175. The number of hydrogen-bond donors (Lipinski definition) is 2. The van der Waals surface area contributed by atoms with E-state index in [0.717, 1.165) is 22.0 Å². The van der Waals surface area contributed by atoms with Crippen molar-refractivity contribution in [2.75, 3.05) is 0 Å². The van der Waals surface area contributed by atoms with Gasteiger partial charge in [-0.1, -0.05) is 18.6 Å². The summed E-state index contributed by atoms with van der Waals surface area (Å²) < 4.78 is 0.919. The second-order valence-corrected chi connectivity index (χ2v) is 5.97. The van der Waals surface area contributed by atoms with Crippen LogP contribution in [0.3, 0.4) is 0 Å². The number of rotatable bonds is 3. The quantitative estimate of drug-likeness (QED) is 0.801. The Labute approximate surface area is 125 Å². The lowest BCUT2D eigenvalue weighted by atomic mass is 10.0. The van der Waals surface area contributed by atoms with E-state index in [1.807, 2.05) is 19.1 Å². The van der Waals surface area contributed by atoms with E-state index in [-0.39, 0.29) is 11.9 Å². The Morgan fingerprint density at radius 3 is 2.79 bits per heavy atom. The molecule has 2 atom stereocenters. The van der Waals surface area contributed by atoms with Crippen molar-refractivity contribution in [1.29, 1.82) is 0 Å². The maximum Gasteiger partial charge on any atom is 0.308 e. The molecule has 102 valence electrons. The topological polar surface area (TPSA) is 66.4 Å². The van der Waals surface area contributed by atoms with Crippen molar-refractivity contribution < 1.29 is 14.7 Å². The van der Waals surface area contributed by atoms with Gasteiger partial charge in [-0.3, -0.25) is 9.59 Å². The van der Waals surface area contributed by atoms with Crippen LogP contribution in [0.4, 0.5) is 0 Å². The first-order chi connectivity index (χ1) is 9.00. The molecule has 0 heterocycles. The number of amides is 1. The Morgan fingerprint density at radius 1 is 1.37 bits per heavy atom. The first-order valence-electron chi connectivity index (χ1n) is 6.29. The van der Waals surface area contributed by atoms with Crippen molar-refractivity contribution in [1.82, 2.24) is 5.32 Å². The molecular weight excluding hydrogens is 357 g/mol. The summed E-state index contributed by atoms with van der Waals surface area (Å²) in [5.74, 6) is -1.44. The van der Waals surface area contributed by atoms with E-state index in [2.05, 4.69) is 27.9 Å². The minimum Gasteiger partial charge on any atom is -0.481 e. The van der Waals surface area contributed by atoms with Gasteiger partial charge in [0.2, 0.25) is 0 Å². The third-order valence-electron chi connectivity index (χ3n) is 3.59. The van der Waals surface area contributed by atoms with Crippen LogP contribution in [0.2, 0.25) is 0 Å². The van der Waals surface area contributed by atoms with Gasteiger partial charge in [0.05, 0.1) is 11.5 Å². The molecule has 0 radical (unpaired) electrons. The summed E-state index contributed by atoms with van der Waals surface area (Å²) in [6.07, 6.45) is 2.24. The zero-order chi connectivity index (χ0) is 14.0. The highest BCUT2D eigenvalue weighted by atomic mass is 127. The molecule has 5 heteroatoms. The van der Waals surface area contributed by atoms with Crippen LogP contribution in [0.15, 0.2) is 18.2 Å². The van der Waals surface area contributed by atoms with Crippen molar-refractivity contribution in [3.8, 4) is 0 Å². The molecule has 1 aromatic carbocycles. The van der Waals surface area contributed by atoms with E-state index >= 15 is 0 Å². The number of carbonyl (C=O) groups is 2. The number of halogens is 1. The molecule has 2 rings (SSSR count). The Bertz CT molecular complexity index is 515. The van der Waals surface area contributed by atoms with E-state index < -0.39 is 11.9 Å². The molecule has 19 heavy (non-hydrogen) atoms. The summed E-state index contributed by atoms with van der Waals surface area (Å²) in [7, 11) is 0. The molecule has 2 unspecified atom stereocenters. The molecule has 1 aromatic rings. The number of nitrogens with one attached hydrogen (secondary N) is 1. The molecule has 1 aliphatic rings. The highest BCUT2D eigenvalue weighted by molar-refractivity contribution is 14.1. The summed E-state index contributed by atoms with van der Waals surface area (Å²) in [6, 6.07) is 5.32. The van der Waals surface area contributed by atoms with E-state index in [1.54, 1.807) is 6.07 Å². The van der Waals surface area contributed by atoms with Gasteiger partial charge in [0.25, 0.3) is 5.91 Å². The molecule has 0 bridgehead atoms. The second kappa shape index (κ2) is 5.90. The fourth-order valence-corrected chi connectivity index (χ4v) is 3.10. The van der Waals surface area contributed by atoms with Gasteiger partial charge < -0.3 is 10.4 Å². The number of carbonyl (C=O) groups excluding carboxylic acids is 1. The van der Waals surface area contributed by atoms with Gasteiger partial charge in [0, 0.05) is 9.61 Å². The fraction of sp³-hybridized carbons (Fsp3) is 0.429. The van der Waals surface area contributed by atoms with Crippen molar-refractivity contribution in [3.05, 3.63) is 32.9 Å². The summed E-state index contributed by atoms with van der Waals surface area (Å²) in [5, 5.41) is 12.0. The summed E-state index contributed by atoms with van der Waals surface area (Å²) in [6.45, 7) is 1.95. The smallest absolute Gasteiger partial charge is 0.308 e. The average Bonchev–Trinajstić information content (AvgIpc) is 2.80. The summed E-state index contributed by atoms with van der Waals surface area (Å²) >= 11 is 2.15. The molecular formula is C14H16INO3. The van der Waals surface area contributed by atoms with Crippen LogP contribution in [0.1, 0.15) is 35.2 Å². The highest BCUT2D eigenvalue weighted by Crippen LogP contribution is 2.26. The number of carboxylic acids is 1. The molecule has 1 amide bonds. The third kappa shape index (κ3) is 3.08. The van der Waals surface area contributed by atoms with Crippen LogP contribution in [-0.4, -0.2) is 23.0 Å². The first-order valence-corrected chi connectivity index (χ1v) is 7.37. The Morgan fingerprint density at radius 2 is 2.11 bits per heavy atom. The van der Waals surface area contributed by atoms with E-state index in [9.17, 15) is 9.59 Å². The van der Waals surface area contributed by atoms with Gasteiger partial charge in [0.15, 0.2) is 0 Å².